The highest BCUT2D eigenvalue weighted by Gasteiger charge is 2.26. The van der Waals surface area contributed by atoms with Gasteiger partial charge in [0.1, 0.15) is 0 Å². The van der Waals surface area contributed by atoms with Crippen LogP contribution < -0.4 is 0 Å². The van der Waals surface area contributed by atoms with Crippen LogP contribution in [0.3, 0.4) is 0 Å². The lowest BCUT2D eigenvalue weighted by atomic mass is 10.3. The topological polar surface area (TPSA) is 37.4 Å². The number of alkyl halides is 1. The van der Waals surface area contributed by atoms with Crippen LogP contribution in [-0.4, -0.2) is 22.6 Å². The average molecular weight is 202 g/mol. The fourth-order valence-corrected chi connectivity index (χ4v) is 1.29. The van der Waals surface area contributed by atoms with Crippen molar-refractivity contribution in [2.75, 3.05) is 5.88 Å². The fourth-order valence-electron chi connectivity index (χ4n) is 1.14. The van der Waals surface area contributed by atoms with Gasteiger partial charge in [-0.25, -0.2) is 0 Å². The van der Waals surface area contributed by atoms with Crippen molar-refractivity contribution in [1.82, 2.24) is 4.90 Å². The number of hydrogen-bond donors (Lipinski definition) is 0. The summed E-state index contributed by atoms with van der Waals surface area (Å²) in [7, 11) is 0. The van der Waals surface area contributed by atoms with E-state index in [0.717, 1.165) is 12.8 Å². The van der Waals surface area contributed by atoms with Gasteiger partial charge in [0, 0.05) is 24.9 Å². The van der Waals surface area contributed by atoms with Crippen molar-refractivity contribution >= 4 is 23.4 Å². The molecule has 3 nitrogen and oxygen atoms in total. The van der Waals surface area contributed by atoms with Crippen LogP contribution in [0.15, 0.2) is 12.3 Å². The molecule has 0 bridgehead atoms. The lowest BCUT2D eigenvalue weighted by Crippen LogP contribution is -2.22. The molecule has 0 N–H and O–H groups in total. The summed E-state index contributed by atoms with van der Waals surface area (Å²) < 4.78 is 0. The molecule has 1 aliphatic heterocycles. The zero-order valence-corrected chi connectivity index (χ0v) is 8.09. The summed E-state index contributed by atoms with van der Waals surface area (Å²) in [6.07, 6.45) is 5.74. The summed E-state index contributed by atoms with van der Waals surface area (Å²) >= 11 is 5.47. The Morgan fingerprint density at radius 2 is 1.92 bits per heavy atom. The Morgan fingerprint density at radius 1 is 1.31 bits per heavy atom. The molecule has 1 rings (SSSR count). The van der Waals surface area contributed by atoms with Gasteiger partial charge in [-0.3, -0.25) is 14.5 Å². The standard InChI is InChI=1S/C9H12ClNO2/c10-6-2-1-3-7-11-8(12)4-5-9(11)13/h3,7H,1-2,4-6H2. The molecule has 0 radical (unpaired) electrons. The van der Waals surface area contributed by atoms with Crippen LogP contribution >= 0.6 is 11.6 Å². The maximum Gasteiger partial charge on any atom is 0.233 e. The minimum atomic E-state index is -0.105. The second-order valence-electron chi connectivity index (χ2n) is 2.87. The summed E-state index contributed by atoms with van der Waals surface area (Å²) in [5, 5.41) is 0. The van der Waals surface area contributed by atoms with E-state index in [1.54, 1.807) is 6.20 Å². The van der Waals surface area contributed by atoms with Crippen LogP contribution in [0.2, 0.25) is 0 Å². The monoisotopic (exact) mass is 201 g/mol. The maximum absolute atomic E-state index is 11.1. The molecule has 0 aliphatic carbocycles. The zero-order chi connectivity index (χ0) is 9.68. The highest BCUT2D eigenvalue weighted by molar-refractivity contribution is 6.17. The molecular formula is C9H12ClNO2. The molecule has 1 saturated heterocycles. The van der Waals surface area contributed by atoms with Gasteiger partial charge in [0.25, 0.3) is 0 Å². The number of nitrogens with zero attached hydrogens (tertiary/aromatic N) is 1. The van der Waals surface area contributed by atoms with E-state index >= 15 is 0 Å². The van der Waals surface area contributed by atoms with Crippen LogP contribution in [0, 0.1) is 0 Å². The summed E-state index contributed by atoms with van der Waals surface area (Å²) in [5.74, 6) is 0.394. The molecule has 0 unspecified atom stereocenters. The highest BCUT2D eigenvalue weighted by Crippen LogP contribution is 2.12. The third kappa shape index (κ3) is 2.84. The van der Waals surface area contributed by atoms with Crippen molar-refractivity contribution < 1.29 is 9.59 Å². The van der Waals surface area contributed by atoms with Crippen LogP contribution in [0.25, 0.3) is 0 Å². The van der Waals surface area contributed by atoms with Gasteiger partial charge in [0.15, 0.2) is 0 Å². The molecule has 72 valence electrons. The molecule has 13 heavy (non-hydrogen) atoms. The van der Waals surface area contributed by atoms with Crippen molar-refractivity contribution in [3.05, 3.63) is 12.3 Å². The van der Waals surface area contributed by atoms with Gasteiger partial charge in [-0.05, 0) is 12.8 Å². The van der Waals surface area contributed by atoms with Gasteiger partial charge in [0.05, 0.1) is 0 Å². The zero-order valence-electron chi connectivity index (χ0n) is 7.33. The van der Waals surface area contributed by atoms with Crippen molar-refractivity contribution in [2.45, 2.75) is 25.7 Å². The molecule has 0 aromatic carbocycles. The normalized spacial score (nSPS) is 17.8. The smallest absolute Gasteiger partial charge is 0.233 e. The number of carbonyl (C=O) groups is 2. The average Bonchev–Trinajstić information content (AvgIpc) is 2.42. The lowest BCUT2D eigenvalue weighted by molar-refractivity contribution is -0.135. The molecule has 1 heterocycles. The van der Waals surface area contributed by atoms with Crippen molar-refractivity contribution in [2.24, 2.45) is 0 Å². The largest absolute Gasteiger partial charge is 0.274 e. The van der Waals surface area contributed by atoms with Crippen molar-refractivity contribution in [3.8, 4) is 0 Å². The molecule has 2 amide bonds. The first-order chi connectivity index (χ1) is 6.25. The quantitative estimate of drug-likeness (QED) is 0.394. The molecule has 0 spiro atoms. The Labute approximate surface area is 82.3 Å². The van der Waals surface area contributed by atoms with E-state index < -0.39 is 0 Å². The predicted octanol–water partition coefficient (Wildman–Crippen LogP) is 1.67. The van der Waals surface area contributed by atoms with Gasteiger partial charge in [-0.15, -0.1) is 11.6 Å². The molecule has 1 aliphatic rings. The van der Waals surface area contributed by atoms with E-state index in [1.165, 1.54) is 4.90 Å². The first-order valence-corrected chi connectivity index (χ1v) is 4.86. The Morgan fingerprint density at radius 3 is 2.46 bits per heavy atom. The third-order valence-electron chi connectivity index (χ3n) is 1.85. The summed E-state index contributed by atoms with van der Waals surface area (Å²) in [6, 6.07) is 0. The Hall–Kier alpha value is -0.830. The van der Waals surface area contributed by atoms with E-state index in [4.69, 9.17) is 11.6 Å². The first kappa shape index (κ1) is 10.3. The molecule has 4 heteroatoms. The highest BCUT2D eigenvalue weighted by atomic mass is 35.5. The summed E-state index contributed by atoms with van der Waals surface area (Å²) in [5.41, 5.74) is 0. The second kappa shape index (κ2) is 5.02. The van der Waals surface area contributed by atoms with Gasteiger partial charge in [-0.1, -0.05) is 6.08 Å². The number of amides is 2. The number of allylic oxidation sites excluding steroid dienone is 1. The molecule has 0 saturated carbocycles. The number of rotatable bonds is 4. The maximum atomic E-state index is 11.1. The minimum absolute atomic E-state index is 0.105. The summed E-state index contributed by atoms with van der Waals surface area (Å²) in [4.78, 5) is 23.3. The SMILES string of the molecule is O=C1CCC(=O)N1C=CCCCCl. The van der Waals surface area contributed by atoms with Crippen LogP contribution in [0.4, 0.5) is 0 Å². The fraction of sp³-hybridized carbons (Fsp3) is 0.556. The predicted molar refractivity (Wildman–Crippen MR) is 50.2 cm³/mol. The Bertz CT molecular complexity index is 222. The number of imide groups is 1. The van der Waals surface area contributed by atoms with E-state index in [1.807, 2.05) is 6.08 Å². The molecule has 0 aromatic heterocycles. The molecule has 0 aromatic rings. The molecule has 1 fully saturated rings. The van der Waals surface area contributed by atoms with Gasteiger partial charge in [-0.2, -0.15) is 0 Å². The van der Waals surface area contributed by atoms with E-state index in [-0.39, 0.29) is 11.8 Å². The number of likely N-dealkylation sites (tertiary alicyclic amines) is 1. The number of hydrogen-bond acceptors (Lipinski definition) is 2. The summed E-state index contributed by atoms with van der Waals surface area (Å²) in [6.45, 7) is 0. The number of carbonyl (C=O) groups excluding carboxylic acids is 2. The van der Waals surface area contributed by atoms with Crippen molar-refractivity contribution in [3.63, 3.8) is 0 Å². The Kier molecular flexibility index (Phi) is 3.96. The van der Waals surface area contributed by atoms with Crippen molar-refractivity contribution in [1.29, 1.82) is 0 Å². The Balaban J connectivity index is 2.38. The van der Waals surface area contributed by atoms with Crippen LogP contribution in [0.1, 0.15) is 25.7 Å². The number of unbranched alkanes of at least 4 members (excludes halogenated alkanes) is 1. The van der Waals surface area contributed by atoms with Crippen LogP contribution in [0.5, 0.6) is 0 Å². The van der Waals surface area contributed by atoms with E-state index in [0.29, 0.717) is 18.7 Å². The first-order valence-electron chi connectivity index (χ1n) is 4.33. The van der Waals surface area contributed by atoms with Gasteiger partial charge in [0.2, 0.25) is 11.8 Å². The minimum Gasteiger partial charge on any atom is -0.274 e. The van der Waals surface area contributed by atoms with Gasteiger partial charge >= 0.3 is 0 Å². The van der Waals surface area contributed by atoms with E-state index in [9.17, 15) is 9.59 Å². The molecule has 0 atom stereocenters. The van der Waals surface area contributed by atoms with Gasteiger partial charge < -0.3 is 0 Å². The number of halogens is 1. The van der Waals surface area contributed by atoms with E-state index in [2.05, 4.69) is 0 Å². The van der Waals surface area contributed by atoms with Crippen LogP contribution in [-0.2, 0) is 9.59 Å². The third-order valence-corrected chi connectivity index (χ3v) is 2.12. The lowest BCUT2D eigenvalue weighted by Gasteiger charge is -2.05. The molecular weight excluding hydrogens is 190 g/mol. The second-order valence-corrected chi connectivity index (χ2v) is 3.25.